The van der Waals surface area contributed by atoms with Gasteiger partial charge in [0.2, 0.25) is 0 Å². The molecule has 0 aliphatic carbocycles. The highest BCUT2D eigenvalue weighted by Crippen LogP contribution is 2.44. The quantitative estimate of drug-likeness (QED) is 0.829. The number of anilines is 1. The van der Waals surface area contributed by atoms with Crippen molar-refractivity contribution >= 4 is 11.7 Å². The largest absolute Gasteiger partial charge is 0.371 e. The first-order chi connectivity index (χ1) is 8.61. The zero-order valence-corrected chi connectivity index (χ0v) is 10.7. The zero-order valence-electron chi connectivity index (χ0n) is 10.7. The third-order valence-corrected chi connectivity index (χ3v) is 3.73. The predicted octanol–water partition coefficient (Wildman–Crippen LogP) is 2.04. The Hall–Kier alpha value is -1.55. The first kappa shape index (κ1) is 11.5. The summed E-state index contributed by atoms with van der Waals surface area (Å²) in [7, 11) is 0. The predicted molar refractivity (Wildman–Crippen MR) is 69.2 cm³/mol. The number of fused-ring (bicyclic) bond motifs is 1. The van der Waals surface area contributed by atoms with Crippen LogP contribution in [0.25, 0.3) is 0 Å². The van der Waals surface area contributed by atoms with E-state index in [0.717, 1.165) is 12.1 Å². The van der Waals surface area contributed by atoms with E-state index in [1.165, 1.54) is 4.90 Å². The zero-order chi connectivity index (χ0) is 12.9. The minimum Gasteiger partial charge on any atom is -0.371 e. The Balaban J connectivity index is 1.78. The van der Waals surface area contributed by atoms with Crippen LogP contribution in [-0.2, 0) is 0 Å². The van der Waals surface area contributed by atoms with Crippen molar-refractivity contribution < 1.29 is 9.90 Å². The summed E-state index contributed by atoms with van der Waals surface area (Å²) in [5.74, 6) is 0.547. The van der Waals surface area contributed by atoms with Crippen molar-refractivity contribution in [2.75, 3.05) is 4.90 Å². The highest BCUT2D eigenvalue weighted by Gasteiger charge is 2.64. The van der Waals surface area contributed by atoms with Gasteiger partial charge in [0.25, 0.3) is 0 Å². The Morgan fingerprint density at radius 3 is 2.44 bits per heavy atom. The summed E-state index contributed by atoms with van der Waals surface area (Å²) in [5, 5.41) is 10.3. The second-order valence-corrected chi connectivity index (χ2v) is 5.50. The number of urea groups is 1. The molecule has 0 saturated carbocycles. The molecule has 1 aromatic rings. The summed E-state index contributed by atoms with van der Waals surface area (Å²) in [6, 6.07) is 9.51. The fraction of sp³-hybridized carbons (Fsp3) is 0.500. The number of benzene rings is 1. The monoisotopic (exact) mass is 246 g/mol. The average Bonchev–Trinajstić information content (AvgIpc) is 2.95. The van der Waals surface area contributed by atoms with Crippen LogP contribution < -0.4 is 4.90 Å². The lowest BCUT2D eigenvalue weighted by atomic mass is 10.1. The van der Waals surface area contributed by atoms with E-state index in [-0.39, 0.29) is 18.1 Å². The highest BCUT2D eigenvalue weighted by atomic mass is 16.3. The van der Waals surface area contributed by atoms with Crippen LogP contribution in [0.1, 0.15) is 20.3 Å². The molecule has 3 atom stereocenters. The van der Waals surface area contributed by atoms with Gasteiger partial charge in [-0.2, -0.15) is 0 Å². The molecule has 2 saturated heterocycles. The summed E-state index contributed by atoms with van der Waals surface area (Å²) in [5.41, 5.74) is 0.769. The lowest BCUT2D eigenvalue weighted by Gasteiger charge is -2.23. The van der Waals surface area contributed by atoms with Gasteiger partial charge in [-0.1, -0.05) is 32.0 Å². The molecule has 4 heteroatoms. The minimum absolute atomic E-state index is 0.0138. The first-order valence-electron chi connectivity index (χ1n) is 6.46. The highest BCUT2D eigenvalue weighted by molar-refractivity contribution is 5.98. The number of rotatable bonds is 3. The van der Waals surface area contributed by atoms with Gasteiger partial charge < -0.3 is 10.0 Å². The Labute approximate surface area is 107 Å². The van der Waals surface area contributed by atoms with Gasteiger partial charge in [-0.15, -0.1) is 0 Å². The van der Waals surface area contributed by atoms with Gasteiger partial charge in [-0.25, -0.2) is 4.79 Å². The van der Waals surface area contributed by atoms with Gasteiger partial charge in [0, 0.05) is 5.69 Å². The number of aliphatic hydroxyl groups is 1. The van der Waals surface area contributed by atoms with Crippen molar-refractivity contribution in [1.29, 1.82) is 0 Å². The van der Waals surface area contributed by atoms with Crippen LogP contribution in [0.15, 0.2) is 30.3 Å². The molecule has 2 fully saturated rings. The molecule has 0 unspecified atom stereocenters. The van der Waals surface area contributed by atoms with Crippen LogP contribution in [0.3, 0.4) is 0 Å². The van der Waals surface area contributed by atoms with E-state index < -0.39 is 6.23 Å². The van der Waals surface area contributed by atoms with Crippen molar-refractivity contribution in [2.24, 2.45) is 5.92 Å². The van der Waals surface area contributed by atoms with Gasteiger partial charge in [0.1, 0.15) is 0 Å². The van der Waals surface area contributed by atoms with E-state index in [2.05, 4.69) is 13.8 Å². The smallest absolute Gasteiger partial charge is 0.327 e. The second-order valence-electron chi connectivity index (χ2n) is 5.50. The molecule has 0 bridgehead atoms. The maximum Gasteiger partial charge on any atom is 0.327 e. The fourth-order valence-corrected chi connectivity index (χ4v) is 2.89. The molecule has 0 aromatic heterocycles. The molecule has 1 aromatic carbocycles. The number of nitrogens with zero attached hydrogens (tertiary/aromatic N) is 2. The summed E-state index contributed by atoms with van der Waals surface area (Å²) in [6.07, 6.45) is 0.263. The molecule has 2 heterocycles. The number of amides is 2. The van der Waals surface area contributed by atoms with Gasteiger partial charge in [-0.3, -0.25) is 4.90 Å². The van der Waals surface area contributed by atoms with Crippen molar-refractivity contribution in [3.05, 3.63) is 30.3 Å². The van der Waals surface area contributed by atoms with Crippen molar-refractivity contribution in [2.45, 2.75) is 38.6 Å². The van der Waals surface area contributed by atoms with Crippen LogP contribution in [0.2, 0.25) is 0 Å². The lowest BCUT2D eigenvalue weighted by molar-refractivity contribution is 0.178. The Morgan fingerprint density at radius 1 is 1.28 bits per heavy atom. The van der Waals surface area contributed by atoms with Gasteiger partial charge in [0.15, 0.2) is 6.23 Å². The normalized spacial score (nSPS) is 30.0. The number of carbonyl (C=O) groups is 1. The van der Waals surface area contributed by atoms with Crippen LogP contribution in [0.4, 0.5) is 10.5 Å². The summed E-state index contributed by atoms with van der Waals surface area (Å²) in [6.45, 7) is 4.28. The first-order valence-corrected chi connectivity index (χ1v) is 6.46. The maximum absolute atomic E-state index is 12.2. The molecule has 3 rings (SSSR count). The summed E-state index contributed by atoms with van der Waals surface area (Å²) < 4.78 is 0. The lowest BCUT2D eigenvalue weighted by Crippen LogP contribution is -2.40. The third kappa shape index (κ3) is 1.60. The van der Waals surface area contributed by atoms with Crippen LogP contribution >= 0.6 is 0 Å². The van der Waals surface area contributed by atoms with E-state index in [1.807, 2.05) is 30.3 Å². The van der Waals surface area contributed by atoms with Crippen molar-refractivity contribution in [3.63, 3.8) is 0 Å². The molecule has 0 spiro atoms. The maximum atomic E-state index is 12.2. The molecule has 0 radical (unpaired) electrons. The summed E-state index contributed by atoms with van der Waals surface area (Å²) in [4.78, 5) is 15.5. The molecule has 4 nitrogen and oxygen atoms in total. The van der Waals surface area contributed by atoms with E-state index in [1.54, 1.807) is 4.90 Å². The number of hydrogen-bond donors (Lipinski definition) is 1. The minimum atomic E-state index is -0.705. The summed E-state index contributed by atoms with van der Waals surface area (Å²) >= 11 is 0. The van der Waals surface area contributed by atoms with Crippen LogP contribution in [-0.4, -0.2) is 34.3 Å². The average molecular weight is 246 g/mol. The van der Waals surface area contributed by atoms with Gasteiger partial charge in [0.05, 0.1) is 12.1 Å². The van der Waals surface area contributed by atoms with E-state index >= 15 is 0 Å². The van der Waals surface area contributed by atoms with Gasteiger partial charge in [-0.05, 0) is 24.5 Å². The Kier molecular flexibility index (Phi) is 2.55. The van der Waals surface area contributed by atoms with Crippen molar-refractivity contribution in [3.8, 4) is 0 Å². The molecular formula is C14H18N2O2. The van der Waals surface area contributed by atoms with Gasteiger partial charge >= 0.3 is 6.03 Å². The molecular weight excluding hydrogens is 228 g/mol. The number of carbonyl (C=O) groups excluding carboxylic acids is 1. The molecule has 2 amide bonds. The van der Waals surface area contributed by atoms with Crippen LogP contribution in [0.5, 0.6) is 0 Å². The SMILES string of the molecule is CC(C)C[C@H]1[C@@H]2[C@@H](O)N(c3ccccc3)C(=O)N21. The molecule has 2 aliphatic rings. The number of para-hydroxylation sites is 1. The Bertz CT molecular complexity index is 460. The van der Waals surface area contributed by atoms with Crippen LogP contribution in [0, 0.1) is 5.92 Å². The number of aliphatic hydroxyl groups excluding tert-OH is 1. The fourth-order valence-electron chi connectivity index (χ4n) is 2.89. The molecule has 96 valence electrons. The van der Waals surface area contributed by atoms with E-state index in [9.17, 15) is 9.90 Å². The number of hydrogen-bond acceptors (Lipinski definition) is 2. The topological polar surface area (TPSA) is 43.5 Å². The Morgan fingerprint density at radius 2 is 1.94 bits per heavy atom. The molecule has 18 heavy (non-hydrogen) atoms. The molecule has 1 N–H and O–H groups in total. The second kappa shape index (κ2) is 3.99. The molecule has 2 aliphatic heterocycles. The third-order valence-electron chi connectivity index (χ3n) is 3.73. The van der Waals surface area contributed by atoms with E-state index in [4.69, 9.17) is 0 Å². The van der Waals surface area contributed by atoms with E-state index in [0.29, 0.717) is 5.92 Å². The van der Waals surface area contributed by atoms with Crippen molar-refractivity contribution in [1.82, 2.24) is 4.90 Å². The standard InChI is InChI=1S/C14H18N2O2/c1-9(2)8-11-12-13(17)15(14(18)16(11)12)10-6-4-3-5-7-10/h3-7,9,11-13,17H,8H2,1-2H3/t11-,12+,13+,16?/m0/s1.